The van der Waals surface area contributed by atoms with Gasteiger partial charge in [-0.3, -0.25) is 0 Å². The molecule has 2 N–H and O–H groups in total. The Morgan fingerprint density at radius 3 is 2.07 bits per heavy atom. The fourth-order valence-corrected chi connectivity index (χ4v) is 0.730. The number of hydrogen-bond acceptors (Lipinski definition) is 6. The molecule has 0 atom stereocenters. The fraction of sp³-hybridized carbons (Fsp3) is 0.444. The van der Waals surface area contributed by atoms with Gasteiger partial charge in [0.05, 0.1) is 13.2 Å². The molecule has 0 aromatic rings. The van der Waals surface area contributed by atoms with Crippen LogP contribution in [0.3, 0.4) is 0 Å². The van der Waals surface area contributed by atoms with Crippen molar-refractivity contribution in [3.05, 3.63) is 11.3 Å². The molecule has 82 valence electrons. The molecular weight excluding hydrogens is 200 g/mol. The lowest BCUT2D eigenvalue weighted by molar-refractivity contribution is -0.141. The second-order valence-electron chi connectivity index (χ2n) is 2.34. The molecule has 6 heteroatoms. The van der Waals surface area contributed by atoms with E-state index < -0.39 is 23.2 Å². The lowest BCUT2D eigenvalue weighted by Crippen LogP contribution is -2.21. The monoisotopic (exact) mass is 212 g/mol. The first-order chi connectivity index (χ1) is 7.08. The van der Waals surface area contributed by atoms with E-state index >= 15 is 0 Å². The lowest BCUT2D eigenvalue weighted by Gasteiger charge is -2.04. The van der Waals surface area contributed by atoms with Crippen LogP contribution in [0.5, 0.6) is 0 Å². The van der Waals surface area contributed by atoms with Gasteiger partial charge in [0.2, 0.25) is 0 Å². The smallest absolute Gasteiger partial charge is 0.355 e. The molecule has 0 aromatic heterocycles. The number of hydrogen-bond donors (Lipinski definition) is 1. The third kappa shape index (κ3) is 3.68. The van der Waals surface area contributed by atoms with Gasteiger partial charge in [0, 0.05) is 0 Å². The zero-order valence-corrected chi connectivity index (χ0v) is 8.57. The van der Waals surface area contributed by atoms with Gasteiger partial charge in [0.1, 0.15) is 11.8 Å². The van der Waals surface area contributed by atoms with Gasteiger partial charge in [-0.15, -0.1) is 0 Å². The van der Waals surface area contributed by atoms with E-state index in [0.29, 0.717) is 0 Å². The van der Waals surface area contributed by atoms with E-state index in [1.165, 1.54) is 6.07 Å². The van der Waals surface area contributed by atoms with E-state index in [9.17, 15) is 9.59 Å². The van der Waals surface area contributed by atoms with Crippen molar-refractivity contribution in [3.63, 3.8) is 0 Å². The SMILES string of the molecule is CCOC(=O)/C(N)=C(\C#N)C(=O)OCC. The maximum absolute atomic E-state index is 11.1. The molecule has 0 fully saturated rings. The number of nitrogens with zero attached hydrogens (tertiary/aromatic N) is 1. The van der Waals surface area contributed by atoms with Gasteiger partial charge in [-0.05, 0) is 13.8 Å². The Labute approximate surface area is 87.3 Å². The van der Waals surface area contributed by atoms with Crippen LogP contribution in [0.2, 0.25) is 0 Å². The lowest BCUT2D eigenvalue weighted by atomic mass is 10.2. The molecule has 0 aromatic carbocycles. The third-order valence-electron chi connectivity index (χ3n) is 1.36. The first kappa shape index (κ1) is 13.0. The molecule has 0 aliphatic heterocycles. The molecule has 0 bridgehead atoms. The van der Waals surface area contributed by atoms with Crippen LogP contribution in [0.15, 0.2) is 11.3 Å². The first-order valence-corrected chi connectivity index (χ1v) is 4.32. The Bertz CT molecular complexity index is 327. The van der Waals surface area contributed by atoms with Crippen molar-refractivity contribution < 1.29 is 19.1 Å². The highest BCUT2D eigenvalue weighted by Gasteiger charge is 2.20. The second kappa shape index (κ2) is 6.43. The Hall–Kier alpha value is -2.03. The highest BCUT2D eigenvalue weighted by molar-refractivity contribution is 6.02. The van der Waals surface area contributed by atoms with E-state index in [1.54, 1.807) is 13.8 Å². The zero-order valence-electron chi connectivity index (χ0n) is 8.57. The molecule has 0 aliphatic rings. The summed E-state index contributed by atoms with van der Waals surface area (Å²) in [6, 6.07) is 1.50. The van der Waals surface area contributed by atoms with Crippen molar-refractivity contribution in [3.8, 4) is 6.07 Å². The minimum atomic E-state index is -0.925. The average molecular weight is 212 g/mol. The van der Waals surface area contributed by atoms with E-state index in [4.69, 9.17) is 11.0 Å². The summed E-state index contributed by atoms with van der Waals surface area (Å²) in [5.41, 5.74) is 4.21. The average Bonchev–Trinajstić information content (AvgIpc) is 2.19. The van der Waals surface area contributed by atoms with Crippen molar-refractivity contribution in [1.82, 2.24) is 0 Å². The number of carbonyl (C=O) groups excluding carboxylic acids is 2. The molecule has 0 saturated carbocycles. The topological polar surface area (TPSA) is 102 Å². The van der Waals surface area contributed by atoms with Gasteiger partial charge in [-0.1, -0.05) is 0 Å². The molecule has 0 rings (SSSR count). The highest BCUT2D eigenvalue weighted by atomic mass is 16.5. The van der Waals surface area contributed by atoms with Gasteiger partial charge in [0.25, 0.3) is 0 Å². The quantitative estimate of drug-likeness (QED) is 0.395. The molecule has 0 aliphatic carbocycles. The summed E-state index contributed by atoms with van der Waals surface area (Å²) < 4.78 is 9.07. The van der Waals surface area contributed by atoms with Crippen LogP contribution in [0, 0.1) is 11.3 Å². The largest absolute Gasteiger partial charge is 0.462 e. The molecule has 0 heterocycles. The standard InChI is InChI=1S/C9H12N2O4/c1-3-14-8(12)6(5-10)7(11)9(13)15-4-2/h3-4,11H2,1-2H3/b7-6-. The summed E-state index contributed by atoms with van der Waals surface area (Å²) in [4.78, 5) is 22.2. The van der Waals surface area contributed by atoms with E-state index in [-0.39, 0.29) is 13.2 Å². The maximum atomic E-state index is 11.1. The Kier molecular flexibility index (Phi) is 5.56. The number of ether oxygens (including phenoxy) is 2. The third-order valence-corrected chi connectivity index (χ3v) is 1.36. The summed E-state index contributed by atoms with van der Waals surface area (Å²) in [5.74, 6) is -1.83. The number of rotatable bonds is 4. The number of nitrogens with two attached hydrogens (primary N) is 1. The highest BCUT2D eigenvalue weighted by Crippen LogP contribution is 2.03. The maximum Gasteiger partial charge on any atom is 0.355 e. The van der Waals surface area contributed by atoms with Crippen molar-refractivity contribution in [2.24, 2.45) is 5.73 Å². The van der Waals surface area contributed by atoms with Gasteiger partial charge >= 0.3 is 11.9 Å². The zero-order chi connectivity index (χ0) is 11.8. The van der Waals surface area contributed by atoms with Crippen LogP contribution in [-0.2, 0) is 19.1 Å². The van der Waals surface area contributed by atoms with Crippen LogP contribution in [0.1, 0.15) is 13.8 Å². The van der Waals surface area contributed by atoms with Crippen molar-refractivity contribution in [1.29, 1.82) is 5.26 Å². The predicted molar refractivity (Wildman–Crippen MR) is 50.1 cm³/mol. The molecule has 0 radical (unpaired) electrons. The minimum absolute atomic E-state index is 0.0973. The van der Waals surface area contributed by atoms with E-state index in [2.05, 4.69) is 9.47 Å². The predicted octanol–water partition coefficient (Wildman–Crippen LogP) is -0.151. The van der Waals surface area contributed by atoms with Crippen LogP contribution in [0.4, 0.5) is 0 Å². The molecule has 0 spiro atoms. The summed E-state index contributed by atoms with van der Waals surface area (Å²) in [6.07, 6.45) is 0. The van der Waals surface area contributed by atoms with Crippen LogP contribution in [-0.4, -0.2) is 25.2 Å². The minimum Gasteiger partial charge on any atom is -0.462 e. The van der Waals surface area contributed by atoms with Crippen LogP contribution >= 0.6 is 0 Å². The number of nitriles is 1. The van der Waals surface area contributed by atoms with Crippen molar-refractivity contribution >= 4 is 11.9 Å². The molecule has 15 heavy (non-hydrogen) atoms. The summed E-state index contributed by atoms with van der Waals surface area (Å²) in [7, 11) is 0. The van der Waals surface area contributed by atoms with Gasteiger partial charge < -0.3 is 15.2 Å². The first-order valence-electron chi connectivity index (χ1n) is 4.32. The number of carbonyl (C=O) groups is 2. The number of esters is 2. The van der Waals surface area contributed by atoms with E-state index in [1.807, 2.05) is 0 Å². The fourth-order valence-electron chi connectivity index (χ4n) is 0.730. The summed E-state index contributed by atoms with van der Waals surface area (Å²) in [5, 5.41) is 8.61. The summed E-state index contributed by atoms with van der Waals surface area (Å²) >= 11 is 0. The van der Waals surface area contributed by atoms with E-state index in [0.717, 1.165) is 0 Å². The normalized spacial score (nSPS) is 11.0. The van der Waals surface area contributed by atoms with Crippen LogP contribution < -0.4 is 5.73 Å². The Morgan fingerprint density at radius 2 is 1.67 bits per heavy atom. The molecule has 0 saturated heterocycles. The molecule has 0 unspecified atom stereocenters. The van der Waals surface area contributed by atoms with Crippen molar-refractivity contribution in [2.75, 3.05) is 13.2 Å². The summed E-state index contributed by atoms with van der Waals surface area (Å²) in [6.45, 7) is 3.37. The van der Waals surface area contributed by atoms with Gasteiger partial charge in [-0.25, -0.2) is 9.59 Å². The van der Waals surface area contributed by atoms with Crippen molar-refractivity contribution in [2.45, 2.75) is 13.8 Å². The van der Waals surface area contributed by atoms with Gasteiger partial charge in [0.15, 0.2) is 5.57 Å². The molecule has 6 nitrogen and oxygen atoms in total. The Balaban J connectivity index is 4.91. The van der Waals surface area contributed by atoms with Crippen LogP contribution in [0.25, 0.3) is 0 Å². The molecular formula is C9H12N2O4. The Morgan fingerprint density at radius 1 is 1.20 bits per heavy atom. The molecule has 0 amide bonds. The second-order valence-corrected chi connectivity index (χ2v) is 2.34. The van der Waals surface area contributed by atoms with Gasteiger partial charge in [-0.2, -0.15) is 5.26 Å².